The van der Waals surface area contributed by atoms with E-state index in [2.05, 4.69) is 4.98 Å². The monoisotopic (exact) mass is 253 g/mol. The van der Waals surface area contributed by atoms with Gasteiger partial charge in [0.1, 0.15) is 0 Å². The third-order valence-electron chi connectivity index (χ3n) is 3.64. The lowest BCUT2D eigenvalue weighted by molar-refractivity contribution is -0.137. The van der Waals surface area contributed by atoms with E-state index < -0.39 is 5.60 Å². The van der Waals surface area contributed by atoms with Crippen molar-refractivity contribution >= 4 is 5.78 Å². The van der Waals surface area contributed by atoms with Crippen molar-refractivity contribution in [3.05, 3.63) is 53.9 Å². The molecule has 1 aromatic heterocycles. The number of benzene rings is 1. The summed E-state index contributed by atoms with van der Waals surface area (Å²) in [5.41, 5.74) is 1.22. The second kappa shape index (κ2) is 4.00. The number of pyridine rings is 1. The van der Waals surface area contributed by atoms with Crippen molar-refractivity contribution in [2.75, 3.05) is 0 Å². The van der Waals surface area contributed by atoms with Crippen LogP contribution in [0.1, 0.15) is 25.1 Å². The summed E-state index contributed by atoms with van der Waals surface area (Å²) in [6, 6.07) is 11.2. The van der Waals surface area contributed by atoms with Gasteiger partial charge in [-0.3, -0.25) is 9.78 Å². The molecule has 0 radical (unpaired) electrons. The number of aliphatic hydroxyl groups is 1. The largest absolute Gasteiger partial charge is 0.372 e. The molecule has 0 saturated heterocycles. The SMILES string of the molecule is CC(C)C(=O)C1(O)c2ccccc2-c2cccnc21. The van der Waals surface area contributed by atoms with Gasteiger partial charge >= 0.3 is 0 Å². The number of aromatic nitrogens is 1. The number of fused-ring (bicyclic) bond motifs is 3. The molecule has 0 spiro atoms. The Morgan fingerprint density at radius 1 is 1.16 bits per heavy atom. The first kappa shape index (κ1) is 12.1. The molecule has 1 N–H and O–H groups in total. The van der Waals surface area contributed by atoms with Crippen LogP contribution >= 0.6 is 0 Å². The highest BCUT2D eigenvalue weighted by Crippen LogP contribution is 2.47. The fourth-order valence-electron chi connectivity index (χ4n) is 2.74. The summed E-state index contributed by atoms with van der Waals surface area (Å²) in [7, 11) is 0. The molecule has 96 valence electrons. The number of Topliss-reactive ketones (excluding diaryl/α,β-unsaturated/α-hetero) is 1. The van der Waals surface area contributed by atoms with Gasteiger partial charge in [0.15, 0.2) is 11.4 Å². The van der Waals surface area contributed by atoms with Crippen molar-refractivity contribution in [3.63, 3.8) is 0 Å². The van der Waals surface area contributed by atoms with Gasteiger partial charge in [0.05, 0.1) is 5.69 Å². The van der Waals surface area contributed by atoms with Crippen LogP contribution in [0.5, 0.6) is 0 Å². The number of hydrogen-bond acceptors (Lipinski definition) is 3. The highest BCUT2D eigenvalue weighted by Gasteiger charge is 2.49. The molecule has 0 bridgehead atoms. The molecule has 1 unspecified atom stereocenters. The van der Waals surface area contributed by atoms with Crippen molar-refractivity contribution in [2.45, 2.75) is 19.4 Å². The van der Waals surface area contributed by atoms with Crippen molar-refractivity contribution in [2.24, 2.45) is 5.92 Å². The molecule has 0 aliphatic heterocycles. The number of rotatable bonds is 2. The molecule has 3 rings (SSSR count). The summed E-state index contributed by atoms with van der Waals surface area (Å²) in [6.07, 6.45) is 1.61. The molecule has 1 aliphatic carbocycles. The standard InChI is InChI=1S/C16H15NO2/c1-10(2)15(18)16(19)13-8-4-3-6-11(13)12-7-5-9-17-14(12)16/h3-10,19H,1-2H3. The molecule has 1 atom stereocenters. The summed E-state index contributed by atoms with van der Waals surface area (Å²) >= 11 is 0. The average Bonchev–Trinajstić information content (AvgIpc) is 2.70. The van der Waals surface area contributed by atoms with Gasteiger partial charge in [0.2, 0.25) is 0 Å². The number of carbonyl (C=O) groups excluding carboxylic acids is 1. The lowest BCUT2D eigenvalue weighted by atomic mass is 9.85. The first-order valence-corrected chi connectivity index (χ1v) is 6.39. The van der Waals surface area contributed by atoms with Gasteiger partial charge in [-0.25, -0.2) is 0 Å². The molecule has 0 fully saturated rings. The van der Waals surface area contributed by atoms with Crippen molar-refractivity contribution in [1.29, 1.82) is 0 Å². The number of ketones is 1. The number of carbonyl (C=O) groups is 1. The van der Waals surface area contributed by atoms with Crippen molar-refractivity contribution in [1.82, 2.24) is 4.98 Å². The van der Waals surface area contributed by atoms with Crippen LogP contribution in [0.3, 0.4) is 0 Å². The van der Waals surface area contributed by atoms with E-state index in [-0.39, 0.29) is 11.7 Å². The topological polar surface area (TPSA) is 50.2 Å². The fraction of sp³-hybridized carbons (Fsp3) is 0.250. The normalized spacial score (nSPS) is 20.2. The minimum Gasteiger partial charge on any atom is -0.372 e. The smallest absolute Gasteiger partial charge is 0.192 e. The minimum absolute atomic E-state index is 0.211. The van der Waals surface area contributed by atoms with Gasteiger partial charge in [-0.15, -0.1) is 0 Å². The van der Waals surface area contributed by atoms with Crippen LogP contribution < -0.4 is 0 Å². The molecule has 0 amide bonds. The Balaban J connectivity index is 2.34. The van der Waals surface area contributed by atoms with Crippen LogP contribution in [0.15, 0.2) is 42.6 Å². The third kappa shape index (κ3) is 1.48. The maximum Gasteiger partial charge on any atom is 0.192 e. The minimum atomic E-state index is -1.61. The van der Waals surface area contributed by atoms with Crippen LogP contribution in [0.25, 0.3) is 11.1 Å². The van der Waals surface area contributed by atoms with Gasteiger partial charge in [0, 0.05) is 23.2 Å². The van der Waals surface area contributed by atoms with Crippen LogP contribution in [-0.4, -0.2) is 15.9 Å². The Hall–Kier alpha value is -2.00. The molecule has 3 nitrogen and oxygen atoms in total. The van der Waals surface area contributed by atoms with Crippen molar-refractivity contribution < 1.29 is 9.90 Å². The van der Waals surface area contributed by atoms with Crippen LogP contribution in [-0.2, 0) is 10.4 Å². The van der Waals surface area contributed by atoms with E-state index >= 15 is 0 Å². The molecular weight excluding hydrogens is 238 g/mol. The van der Waals surface area contributed by atoms with Gasteiger partial charge < -0.3 is 5.11 Å². The zero-order chi connectivity index (χ0) is 13.6. The maximum atomic E-state index is 12.5. The third-order valence-corrected chi connectivity index (χ3v) is 3.64. The number of hydrogen-bond donors (Lipinski definition) is 1. The Labute approximate surface area is 111 Å². The molecule has 19 heavy (non-hydrogen) atoms. The predicted octanol–water partition coefficient (Wildman–Crippen LogP) is 2.52. The Bertz CT molecular complexity index is 616. The summed E-state index contributed by atoms with van der Waals surface area (Å²) in [4.78, 5) is 16.8. The Kier molecular flexibility index (Phi) is 2.54. The number of nitrogens with zero attached hydrogens (tertiary/aromatic N) is 1. The molecular formula is C16H15NO2. The summed E-state index contributed by atoms with van der Waals surface area (Å²) in [6.45, 7) is 3.59. The van der Waals surface area contributed by atoms with E-state index in [4.69, 9.17) is 0 Å². The van der Waals surface area contributed by atoms with E-state index in [9.17, 15) is 9.90 Å². The fourth-order valence-corrected chi connectivity index (χ4v) is 2.74. The summed E-state index contributed by atoms with van der Waals surface area (Å²) in [5.74, 6) is -0.469. The zero-order valence-corrected chi connectivity index (χ0v) is 10.9. The maximum absolute atomic E-state index is 12.5. The summed E-state index contributed by atoms with van der Waals surface area (Å²) < 4.78 is 0. The zero-order valence-electron chi connectivity index (χ0n) is 10.9. The second-order valence-electron chi connectivity index (χ2n) is 5.17. The van der Waals surface area contributed by atoms with E-state index in [1.165, 1.54) is 0 Å². The lowest BCUT2D eigenvalue weighted by Gasteiger charge is -2.24. The first-order valence-electron chi connectivity index (χ1n) is 6.39. The van der Waals surface area contributed by atoms with Crippen LogP contribution in [0, 0.1) is 5.92 Å². The molecule has 1 heterocycles. The Morgan fingerprint density at radius 2 is 1.84 bits per heavy atom. The van der Waals surface area contributed by atoms with Crippen molar-refractivity contribution in [3.8, 4) is 11.1 Å². The second-order valence-corrected chi connectivity index (χ2v) is 5.17. The van der Waals surface area contributed by atoms with Crippen LogP contribution in [0.2, 0.25) is 0 Å². The van der Waals surface area contributed by atoms with E-state index in [1.54, 1.807) is 26.1 Å². The molecule has 3 heteroatoms. The average molecular weight is 253 g/mol. The predicted molar refractivity (Wildman–Crippen MR) is 72.5 cm³/mol. The van der Waals surface area contributed by atoms with E-state index in [1.807, 2.05) is 30.3 Å². The Morgan fingerprint density at radius 3 is 2.58 bits per heavy atom. The first-order chi connectivity index (χ1) is 9.06. The molecule has 1 aromatic carbocycles. The highest BCUT2D eigenvalue weighted by molar-refractivity contribution is 5.99. The van der Waals surface area contributed by atoms with Gasteiger partial charge in [-0.2, -0.15) is 0 Å². The molecule has 2 aromatic rings. The molecule has 0 saturated carbocycles. The van der Waals surface area contributed by atoms with Gasteiger partial charge in [-0.05, 0) is 11.6 Å². The van der Waals surface area contributed by atoms with Gasteiger partial charge in [-0.1, -0.05) is 44.2 Å². The van der Waals surface area contributed by atoms with E-state index in [0.29, 0.717) is 11.3 Å². The van der Waals surface area contributed by atoms with Gasteiger partial charge in [0.25, 0.3) is 0 Å². The van der Waals surface area contributed by atoms with E-state index in [0.717, 1.165) is 11.1 Å². The quantitative estimate of drug-likeness (QED) is 0.894. The van der Waals surface area contributed by atoms with Crippen LogP contribution in [0.4, 0.5) is 0 Å². The lowest BCUT2D eigenvalue weighted by Crippen LogP contribution is -2.38. The highest BCUT2D eigenvalue weighted by atomic mass is 16.3. The summed E-state index contributed by atoms with van der Waals surface area (Å²) in [5, 5.41) is 11.0. The molecule has 1 aliphatic rings.